The van der Waals surface area contributed by atoms with Gasteiger partial charge in [0.1, 0.15) is 0 Å². The van der Waals surface area contributed by atoms with Crippen LogP contribution >= 0.6 is 0 Å². The first kappa shape index (κ1) is 13.7. The van der Waals surface area contributed by atoms with E-state index in [9.17, 15) is 0 Å². The summed E-state index contributed by atoms with van der Waals surface area (Å²) in [4.78, 5) is 6.99. The number of hydrogen-bond donors (Lipinski definition) is 1. The summed E-state index contributed by atoms with van der Waals surface area (Å²) in [6, 6.07) is 5.94. The third-order valence-corrected chi connectivity index (χ3v) is 3.30. The molecule has 0 radical (unpaired) electrons. The van der Waals surface area contributed by atoms with Gasteiger partial charge in [0.25, 0.3) is 0 Å². The Kier molecular flexibility index (Phi) is 4.61. The summed E-state index contributed by atoms with van der Waals surface area (Å²) < 4.78 is 0. The van der Waals surface area contributed by atoms with Crippen molar-refractivity contribution in [3.05, 3.63) is 29.5 Å². The fourth-order valence-electron chi connectivity index (χ4n) is 2.43. The lowest BCUT2D eigenvalue weighted by molar-refractivity contribution is 0.344. The summed E-state index contributed by atoms with van der Waals surface area (Å²) in [5, 5.41) is 0. The Morgan fingerprint density at radius 1 is 1.21 bits per heavy atom. The highest BCUT2D eigenvalue weighted by atomic mass is 15.1. The van der Waals surface area contributed by atoms with Crippen LogP contribution in [0.1, 0.15) is 38.7 Å². The van der Waals surface area contributed by atoms with Crippen LogP contribution in [0.25, 0.3) is 6.08 Å². The molecule has 0 aromatic heterocycles. The van der Waals surface area contributed by atoms with Crippen LogP contribution < -0.4 is 5.73 Å². The van der Waals surface area contributed by atoms with Gasteiger partial charge in [0.2, 0.25) is 0 Å². The Bertz CT molecular complexity index is 483. The average Bonchev–Trinajstić information content (AvgIpc) is 2.60. The fourth-order valence-corrected chi connectivity index (χ4v) is 2.43. The summed E-state index contributed by atoms with van der Waals surface area (Å²) in [6.07, 6.45) is 7.49. The molecular weight excluding hydrogens is 234 g/mol. The smallest absolute Gasteiger partial charge is 0.0719 e. The Balaban J connectivity index is 2.31. The second-order valence-corrected chi connectivity index (χ2v) is 4.96. The van der Waals surface area contributed by atoms with Gasteiger partial charge in [-0.25, -0.2) is 0 Å². The van der Waals surface area contributed by atoms with E-state index in [1.807, 2.05) is 18.3 Å². The zero-order chi connectivity index (χ0) is 13.7. The maximum atomic E-state index is 5.82. The summed E-state index contributed by atoms with van der Waals surface area (Å²) in [5.41, 5.74) is 10.1. The Morgan fingerprint density at radius 3 is 2.63 bits per heavy atom. The first-order valence-electron chi connectivity index (χ1n) is 7.12. The first-order chi connectivity index (χ1) is 9.24. The predicted molar refractivity (Wildman–Crippen MR) is 83.8 cm³/mol. The minimum atomic E-state index is 0.770. The maximum Gasteiger partial charge on any atom is 0.0719 e. The van der Waals surface area contributed by atoms with Crippen molar-refractivity contribution in [3.8, 4) is 0 Å². The van der Waals surface area contributed by atoms with Gasteiger partial charge in [0, 0.05) is 42.7 Å². The molecule has 1 aliphatic rings. The molecule has 3 nitrogen and oxygen atoms in total. The van der Waals surface area contributed by atoms with Crippen LogP contribution in [0.4, 0.5) is 11.4 Å². The van der Waals surface area contributed by atoms with Crippen molar-refractivity contribution < 1.29 is 0 Å². The number of nitrogens with zero attached hydrogens (tertiary/aromatic N) is 2. The first-order valence-corrected chi connectivity index (χ1v) is 7.12. The lowest BCUT2D eigenvalue weighted by atomic mass is 10.1. The fraction of sp³-hybridized carbons (Fsp3) is 0.438. The molecule has 19 heavy (non-hydrogen) atoms. The SMILES string of the molecule is CCCN(CCC)C1=Cc2ccc(N)cc2N=CC1. The van der Waals surface area contributed by atoms with Gasteiger partial charge in [0.15, 0.2) is 0 Å². The quantitative estimate of drug-likeness (QED) is 0.814. The number of allylic oxidation sites excluding steroid dienone is 1. The van der Waals surface area contributed by atoms with Gasteiger partial charge in [-0.15, -0.1) is 0 Å². The second kappa shape index (κ2) is 6.41. The van der Waals surface area contributed by atoms with Gasteiger partial charge in [-0.3, -0.25) is 4.99 Å². The van der Waals surface area contributed by atoms with Gasteiger partial charge in [0.05, 0.1) is 5.69 Å². The molecule has 0 saturated heterocycles. The molecule has 0 saturated carbocycles. The molecule has 1 aliphatic heterocycles. The van der Waals surface area contributed by atoms with Crippen molar-refractivity contribution in [2.75, 3.05) is 18.8 Å². The third-order valence-electron chi connectivity index (χ3n) is 3.30. The molecule has 0 unspecified atom stereocenters. The minimum absolute atomic E-state index is 0.770. The van der Waals surface area contributed by atoms with Crippen molar-refractivity contribution in [2.24, 2.45) is 4.99 Å². The number of nitrogens with two attached hydrogens (primary N) is 1. The van der Waals surface area contributed by atoms with Crippen LogP contribution in [0.3, 0.4) is 0 Å². The summed E-state index contributed by atoms with van der Waals surface area (Å²) in [6.45, 7) is 6.67. The average molecular weight is 257 g/mol. The molecule has 0 atom stereocenters. The molecule has 1 heterocycles. The van der Waals surface area contributed by atoms with E-state index in [0.29, 0.717) is 0 Å². The second-order valence-electron chi connectivity index (χ2n) is 4.96. The van der Waals surface area contributed by atoms with Gasteiger partial charge in [-0.1, -0.05) is 19.9 Å². The monoisotopic (exact) mass is 257 g/mol. The largest absolute Gasteiger partial charge is 0.399 e. The predicted octanol–water partition coefficient (Wildman–Crippen LogP) is 3.84. The molecule has 0 fully saturated rings. The van der Waals surface area contributed by atoms with E-state index < -0.39 is 0 Å². The van der Waals surface area contributed by atoms with Gasteiger partial charge in [-0.05, 0) is 31.1 Å². The maximum absolute atomic E-state index is 5.82. The third kappa shape index (κ3) is 3.37. The standard InChI is InChI=1S/C16H23N3/c1-3-9-19(10-4-2)15-7-8-18-16-12-14(17)6-5-13(16)11-15/h5-6,8,11-12H,3-4,7,9-10,17H2,1-2H3. The van der Waals surface area contributed by atoms with E-state index >= 15 is 0 Å². The molecule has 2 rings (SSSR count). The van der Waals surface area contributed by atoms with Crippen LogP contribution in [0.5, 0.6) is 0 Å². The number of benzene rings is 1. The van der Waals surface area contributed by atoms with Crippen molar-refractivity contribution in [1.29, 1.82) is 0 Å². The zero-order valence-electron chi connectivity index (χ0n) is 11.9. The molecular formula is C16H23N3. The van der Waals surface area contributed by atoms with E-state index in [1.165, 1.54) is 18.5 Å². The molecule has 102 valence electrons. The lowest BCUT2D eigenvalue weighted by Gasteiger charge is -2.25. The number of hydrogen-bond acceptors (Lipinski definition) is 3. The number of fused-ring (bicyclic) bond motifs is 1. The summed E-state index contributed by atoms with van der Waals surface area (Å²) >= 11 is 0. The highest BCUT2D eigenvalue weighted by molar-refractivity contribution is 5.79. The molecule has 1 aromatic carbocycles. The number of nitrogen functional groups attached to an aromatic ring is 1. The van der Waals surface area contributed by atoms with Crippen LogP contribution in [0.2, 0.25) is 0 Å². The van der Waals surface area contributed by atoms with Gasteiger partial charge in [-0.2, -0.15) is 0 Å². The van der Waals surface area contributed by atoms with Crippen LogP contribution in [0.15, 0.2) is 28.9 Å². The van der Waals surface area contributed by atoms with E-state index in [1.54, 1.807) is 0 Å². The van der Waals surface area contributed by atoms with Crippen LogP contribution in [-0.4, -0.2) is 24.2 Å². The van der Waals surface area contributed by atoms with Crippen molar-refractivity contribution in [2.45, 2.75) is 33.1 Å². The zero-order valence-corrected chi connectivity index (χ0v) is 11.9. The van der Waals surface area contributed by atoms with Gasteiger partial charge < -0.3 is 10.6 Å². The Hall–Kier alpha value is -1.77. The van der Waals surface area contributed by atoms with E-state index in [4.69, 9.17) is 5.73 Å². The molecule has 1 aromatic rings. The van der Waals surface area contributed by atoms with Gasteiger partial charge >= 0.3 is 0 Å². The molecule has 2 N–H and O–H groups in total. The van der Waals surface area contributed by atoms with E-state index in [0.717, 1.165) is 36.4 Å². The molecule has 3 heteroatoms. The summed E-state index contributed by atoms with van der Waals surface area (Å²) in [7, 11) is 0. The normalized spacial score (nSPS) is 13.7. The van der Waals surface area contributed by atoms with Crippen LogP contribution in [-0.2, 0) is 0 Å². The number of rotatable bonds is 5. The molecule has 0 spiro atoms. The topological polar surface area (TPSA) is 41.6 Å². The minimum Gasteiger partial charge on any atom is -0.399 e. The lowest BCUT2D eigenvalue weighted by Crippen LogP contribution is -2.24. The number of anilines is 1. The molecule has 0 amide bonds. The highest BCUT2D eigenvalue weighted by Crippen LogP contribution is 2.28. The Morgan fingerprint density at radius 2 is 1.95 bits per heavy atom. The number of aliphatic imine (C=N–C) groups is 1. The van der Waals surface area contributed by atoms with Crippen molar-refractivity contribution in [1.82, 2.24) is 4.90 Å². The van der Waals surface area contributed by atoms with Crippen molar-refractivity contribution >= 4 is 23.7 Å². The molecule has 0 aliphatic carbocycles. The summed E-state index contributed by atoms with van der Waals surface area (Å²) in [5.74, 6) is 0. The van der Waals surface area contributed by atoms with E-state index in [-0.39, 0.29) is 0 Å². The van der Waals surface area contributed by atoms with E-state index in [2.05, 4.69) is 35.9 Å². The van der Waals surface area contributed by atoms with Crippen LogP contribution in [0, 0.1) is 0 Å². The Labute approximate surface area is 115 Å². The van der Waals surface area contributed by atoms with Crippen molar-refractivity contribution in [3.63, 3.8) is 0 Å². The molecule has 0 bridgehead atoms. The highest BCUT2D eigenvalue weighted by Gasteiger charge is 2.11.